The molecule has 0 aliphatic rings. The number of hydrogen-bond donors (Lipinski definition) is 2. The molecule has 0 aliphatic heterocycles. The molecule has 4 N–H and O–H groups in total. The molecule has 0 aliphatic carbocycles. The molecule has 0 atom stereocenters. The van der Waals surface area contributed by atoms with Gasteiger partial charge < -0.3 is 16.0 Å². The van der Waals surface area contributed by atoms with E-state index in [1.165, 1.54) is 23.9 Å². The van der Waals surface area contributed by atoms with Crippen molar-refractivity contribution in [3.63, 3.8) is 0 Å². The van der Waals surface area contributed by atoms with Gasteiger partial charge in [-0.1, -0.05) is 25.6 Å². The maximum Gasteiger partial charge on any atom is 0.186 e. The largest absolute Gasteiger partial charge is 0.370 e. The zero-order valence-corrected chi connectivity index (χ0v) is 14.7. The minimum absolute atomic E-state index is 0.00634. The summed E-state index contributed by atoms with van der Waals surface area (Å²) in [4.78, 5) is 9.13. The molecule has 0 bridgehead atoms. The Morgan fingerprint density at radius 3 is 2.38 bits per heavy atom. The molecule has 0 unspecified atom stereocenters. The molecule has 0 fully saturated rings. The molecule has 0 spiro atoms. The summed E-state index contributed by atoms with van der Waals surface area (Å²) in [5.74, 6) is -0.349. The summed E-state index contributed by atoms with van der Waals surface area (Å²) in [6, 6.07) is 3.47. The fraction of sp³-hybridized carbons (Fsp3) is 0.375. The lowest BCUT2D eigenvalue weighted by molar-refractivity contribution is 0.577. The van der Waals surface area contributed by atoms with Gasteiger partial charge in [-0.25, -0.2) is 18.8 Å². The Morgan fingerprint density at radius 2 is 1.88 bits per heavy atom. The van der Waals surface area contributed by atoms with Crippen molar-refractivity contribution in [2.75, 3.05) is 0 Å². The zero-order valence-electron chi connectivity index (χ0n) is 13.9. The van der Waals surface area contributed by atoms with E-state index in [0.29, 0.717) is 17.3 Å². The molecule has 1 aromatic carbocycles. The van der Waals surface area contributed by atoms with Crippen LogP contribution >= 0.6 is 11.8 Å². The number of benzene rings is 1. The van der Waals surface area contributed by atoms with Gasteiger partial charge in [-0.3, -0.25) is 0 Å². The summed E-state index contributed by atoms with van der Waals surface area (Å²) in [6.45, 7) is 6.91. The number of aliphatic imine (C=N–C) groups is 1. The monoisotopic (exact) mass is 353 g/mol. The van der Waals surface area contributed by atoms with Crippen LogP contribution in [0.25, 0.3) is 0 Å². The van der Waals surface area contributed by atoms with E-state index in [-0.39, 0.29) is 18.4 Å². The van der Waals surface area contributed by atoms with E-state index in [1.807, 2.05) is 25.3 Å². The van der Waals surface area contributed by atoms with E-state index in [0.717, 1.165) is 16.8 Å². The smallest absolute Gasteiger partial charge is 0.186 e. The standard InChI is InChI=1S/C16H21F2N5S/c1-4-23-13(8-21-16(19)20)22-14(9(2)3)15(23)24-12-6-10(17)5-11(18)7-12/h5-7,9H,4,8H2,1-3H3,(H4,19,20,21). The Labute approximate surface area is 144 Å². The molecular weight excluding hydrogens is 332 g/mol. The summed E-state index contributed by atoms with van der Waals surface area (Å²) in [5.41, 5.74) is 11.6. The lowest BCUT2D eigenvalue weighted by Crippen LogP contribution is -2.23. The van der Waals surface area contributed by atoms with Gasteiger partial charge in [0.05, 0.1) is 5.69 Å². The molecule has 0 radical (unpaired) electrons. The third-order valence-electron chi connectivity index (χ3n) is 3.34. The van der Waals surface area contributed by atoms with Crippen LogP contribution < -0.4 is 11.5 Å². The first kappa shape index (κ1) is 18.3. The molecule has 2 aromatic rings. The van der Waals surface area contributed by atoms with Crippen LogP contribution in [-0.4, -0.2) is 15.5 Å². The van der Waals surface area contributed by atoms with Crippen LogP contribution in [-0.2, 0) is 13.1 Å². The fourth-order valence-electron chi connectivity index (χ4n) is 2.29. The van der Waals surface area contributed by atoms with E-state index in [4.69, 9.17) is 11.5 Å². The minimum atomic E-state index is -0.605. The first-order chi connectivity index (χ1) is 11.3. The molecule has 1 aromatic heterocycles. The molecule has 0 amide bonds. The van der Waals surface area contributed by atoms with Crippen molar-refractivity contribution in [1.29, 1.82) is 0 Å². The third-order valence-corrected chi connectivity index (χ3v) is 4.44. The average molecular weight is 353 g/mol. The maximum absolute atomic E-state index is 13.5. The first-order valence-electron chi connectivity index (χ1n) is 7.60. The van der Waals surface area contributed by atoms with Crippen molar-refractivity contribution in [2.24, 2.45) is 16.5 Å². The van der Waals surface area contributed by atoms with Crippen LogP contribution in [0, 0.1) is 11.6 Å². The summed E-state index contributed by atoms with van der Waals surface area (Å²) >= 11 is 1.29. The minimum Gasteiger partial charge on any atom is -0.370 e. The van der Waals surface area contributed by atoms with Gasteiger partial charge in [0.25, 0.3) is 0 Å². The summed E-state index contributed by atoms with van der Waals surface area (Å²) in [7, 11) is 0. The third kappa shape index (κ3) is 4.25. The van der Waals surface area contributed by atoms with Crippen LogP contribution in [0.15, 0.2) is 33.1 Å². The van der Waals surface area contributed by atoms with E-state index in [1.54, 1.807) is 0 Å². The van der Waals surface area contributed by atoms with Gasteiger partial charge in [0.1, 0.15) is 29.0 Å². The number of nitrogens with zero attached hydrogens (tertiary/aromatic N) is 3. The highest BCUT2D eigenvalue weighted by Gasteiger charge is 2.20. The molecule has 1 heterocycles. The van der Waals surface area contributed by atoms with Crippen LogP contribution in [0.3, 0.4) is 0 Å². The van der Waals surface area contributed by atoms with E-state index < -0.39 is 11.6 Å². The number of rotatable bonds is 6. The van der Waals surface area contributed by atoms with Gasteiger partial charge in [-0.15, -0.1) is 0 Å². The van der Waals surface area contributed by atoms with E-state index >= 15 is 0 Å². The molecular formula is C16H21F2N5S. The predicted molar refractivity (Wildman–Crippen MR) is 92.0 cm³/mol. The van der Waals surface area contributed by atoms with E-state index in [2.05, 4.69) is 9.98 Å². The highest BCUT2D eigenvalue weighted by Crippen LogP contribution is 2.35. The van der Waals surface area contributed by atoms with Crippen LogP contribution in [0.4, 0.5) is 8.78 Å². The highest BCUT2D eigenvalue weighted by atomic mass is 32.2. The number of guanidine groups is 1. The second kappa shape index (κ2) is 7.65. The molecule has 2 rings (SSSR count). The Kier molecular flexibility index (Phi) is 5.82. The molecule has 5 nitrogen and oxygen atoms in total. The quantitative estimate of drug-likeness (QED) is 0.617. The van der Waals surface area contributed by atoms with Gasteiger partial charge >= 0.3 is 0 Å². The molecule has 130 valence electrons. The zero-order chi connectivity index (χ0) is 17.9. The number of imidazole rings is 1. The second-order valence-electron chi connectivity index (χ2n) is 5.57. The van der Waals surface area contributed by atoms with Crippen LogP contribution in [0.2, 0.25) is 0 Å². The summed E-state index contributed by atoms with van der Waals surface area (Å²) < 4.78 is 28.9. The number of halogens is 2. The van der Waals surface area contributed by atoms with Crippen molar-refractivity contribution in [3.8, 4) is 0 Å². The molecule has 24 heavy (non-hydrogen) atoms. The normalized spacial score (nSPS) is 11.1. The van der Waals surface area contributed by atoms with Gasteiger partial charge in [-0.2, -0.15) is 0 Å². The van der Waals surface area contributed by atoms with Crippen LogP contribution in [0.5, 0.6) is 0 Å². The predicted octanol–water partition coefficient (Wildman–Crippen LogP) is 3.23. The molecule has 0 saturated carbocycles. The Bertz CT molecular complexity index is 731. The molecule has 0 saturated heterocycles. The van der Waals surface area contributed by atoms with Gasteiger partial charge in [0.2, 0.25) is 0 Å². The number of nitrogens with two attached hydrogens (primary N) is 2. The van der Waals surface area contributed by atoms with Gasteiger partial charge in [-0.05, 0) is 25.0 Å². The summed E-state index contributed by atoms with van der Waals surface area (Å²) in [5, 5.41) is 0.846. The Balaban J connectivity index is 2.47. The van der Waals surface area contributed by atoms with Crippen molar-refractivity contribution < 1.29 is 8.78 Å². The lowest BCUT2D eigenvalue weighted by Gasteiger charge is -2.11. The summed E-state index contributed by atoms with van der Waals surface area (Å²) in [6.07, 6.45) is 0. The fourth-order valence-corrected chi connectivity index (χ4v) is 3.59. The van der Waals surface area contributed by atoms with Crippen molar-refractivity contribution in [2.45, 2.75) is 49.7 Å². The number of aromatic nitrogens is 2. The number of hydrogen-bond acceptors (Lipinski definition) is 3. The maximum atomic E-state index is 13.5. The Morgan fingerprint density at radius 1 is 1.25 bits per heavy atom. The van der Waals surface area contributed by atoms with Gasteiger partial charge in [0, 0.05) is 17.5 Å². The van der Waals surface area contributed by atoms with Crippen LogP contribution in [0.1, 0.15) is 38.2 Å². The topological polar surface area (TPSA) is 82.2 Å². The highest BCUT2D eigenvalue weighted by molar-refractivity contribution is 7.99. The second-order valence-corrected chi connectivity index (χ2v) is 6.63. The lowest BCUT2D eigenvalue weighted by atomic mass is 10.1. The van der Waals surface area contributed by atoms with Gasteiger partial charge in [0.15, 0.2) is 5.96 Å². The van der Waals surface area contributed by atoms with Crippen molar-refractivity contribution >= 4 is 17.7 Å². The Hall–Kier alpha value is -2.09. The van der Waals surface area contributed by atoms with Crippen molar-refractivity contribution in [3.05, 3.63) is 41.4 Å². The van der Waals surface area contributed by atoms with Crippen molar-refractivity contribution in [1.82, 2.24) is 9.55 Å². The first-order valence-corrected chi connectivity index (χ1v) is 8.42. The molecule has 8 heteroatoms. The SMILES string of the molecule is CCn1c(CN=C(N)N)nc(C(C)C)c1Sc1cc(F)cc(F)c1. The van der Waals surface area contributed by atoms with E-state index in [9.17, 15) is 8.78 Å². The average Bonchev–Trinajstić information content (AvgIpc) is 2.81.